The summed E-state index contributed by atoms with van der Waals surface area (Å²) in [5.41, 5.74) is 0.581. The van der Waals surface area contributed by atoms with E-state index in [1.165, 1.54) is 6.07 Å². The Morgan fingerprint density at radius 2 is 1.91 bits per heavy atom. The van der Waals surface area contributed by atoms with E-state index >= 15 is 0 Å². The lowest BCUT2D eigenvalue weighted by atomic mass is 9.82. The lowest BCUT2D eigenvalue weighted by Crippen LogP contribution is -2.37. The number of rotatable bonds is 7. The summed E-state index contributed by atoms with van der Waals surface area (Å²) in [7, 11) is 0. The van der Waals surface area contributed by atoms with E-state index in [9.17, 15) is 9.59 Å². The van der Waals surface area contributed by atoms with Gasteiger partial charge >= 0.3 is 5.97 Å². The van der Waals surface area contributed by atoms with Crippen molar-refractivity contribution in [3.05, 3.63) is 51.6 Å². The van der Waals surface area contributed by atoms with E-state index in [2.05, 4.69) is 0 Å². The van der Waals surface area contributed by atoms with Gasteiger partial charge in [0.1, 0.15) is 18.1 Å². The van der Waals surface area contributed by atoms with E-state index in [1.807, 2.05) is 0 Å². The van der Waals surface area contributed by atoms with Crippen LogP contribution in [0.5, 0.6) is 17.2 Å². The van der Waals surface area contributed by atoms with Crippen molar-refractivity contribution in [2.45, 2.75) is 18.9 Å². The molecule has 0 unspecified atom stereocenters. The molecule has 0 spiro atoms. The molecule has 0 bridgehead atoms. The highest BCUT2D eigenvalue weighted by molar-refractivity contribution is 6.34. The van der Waals surface area contributed by atoms with Gasteiger partial charge in [0.05, 0.1) is 34.6 Å². The molecule has 1 saturated carbocycles. The van der Waals surface area contributed by atoms with Crippen LogP contribution in [0, 0.1) is 5.92 Å². The normalized spacial score (nSPS) is 19.0. The first-order valence-electron chi connectivity index (χ1n) is 10.1. The van der Waals surface area contributed by atoms with Crippen molar-refractivity contribution in [1.29, 1.82) is 0 Å². The van der Waals surface area contributed by atoms with Gasteiger partial charge in [0.25, 0.3) is 0 Å². The fraction of sp³-hybridized carbons (Fsp3) is 0.304. The summed E-state index contributed by atoms with van der Waals surface area (Å²) >= 11 is 6.24. The monoisotopic (exact) mass is 458 g/mol. The molecule has 166 valence electrons. The molecule has 1 aromatic heterocycles. The van der Waals surface area contributed by atoms with Crippen LogP contribution in [0.1, 0.15) is 12.8 Å². The fourth-order valence-corrected chi connectivity index (χ4v) is 3.99. The largest absolute Gasteiger partial charge is 0.490 e. The average Bonchev–Trinajstić information content (AvgIpc) is 3.19. The number of carboxylic acid groups (broad SMARTS) is 1. The molecule has 0 amide bonds. The number of hydrogen-bond acceptors (Lipinski definition) is 7. The smallest absolute Gasteiger partial charge is 0.306 e. The van der Waals surface area contributed by atoms with Gasteiger partial charge in [-0.05, 0) is 31.0 Å². The molecule has 2 aromatic carbocycles. The molecule has 1 aliphatic carbocycles. The Hall–Kier alpha value is -3.23. The molecule has 1 N–H and O–H groups in total. The lowest BCUT2D eigenvalue weighted by molar-refractivity contribution is -0.151. The molecule has 8 nitrogen and oxygen atoms in total. The Morgan fingerprint density at radius 3 is 2.69 bits per heavy atom. The molecular formula is C23H19ClO8. The Kier molecular flexibility index (Phi) is 5.40. The summed E-state index contributed by atoms with van der Waals surface area (Å²) in [6, 6.07) is 9.76. The third-order valence-electron chi connectivity index (χ3n) is 5.59. The number of ether oxygens (including phenoxy) is 4. The van der Waals surface area contributed by atoms with Crippen molar-refractivity contribution in [1.82, 2.24) is 0 Å². The first-order chi connectivity index (χ1) is 15.5. The topological polar surface area (TPSA) is 104 Å². The number of benzene rings is 2. The van der Waals surface area contributed by atoms with Gasteiger partial charge in [0, 0.05) is 12.1 Å². The summed E-state index contributed by atoms with van der Waals surface area (Å²) in [6.07, 6.45) is 0.942. The molecule has 2 aliphatic rings. The first kappa shape index (κ1) is 20.7. The predicted molar refractivity (Wildman–Crippen MR) is 115 cm³/mol. The van der Waals surface area contributed by atoms with E-state index in [0.29, 0.717) is 58.3 Å². The van der Waals surface area contributed by atoms with Gasteiger partial charge in [-0.25, -0.2) is 0 Å². The van der Waals surface area contributed by atoms with Gasteiger partial charge in [0.15, 0.2) is 22.5 Å². The van der Waals surface area contributed by atoms with Gasteiger partial charge in [-0.2, -0.15) is 0 Å². The summed E-state index contributed by atoms with van der Waals surface area (Å²) in [6.45, 7) is 0.596. The van der Waals surface area contributed by atoms with Crippen LogP contribution in [-0.2, 0) is 9.53 Å². The lowest BCUT2D eigenvalue weighted by Gasteiger charge is -2.32. The maximum Gasteiger partial charge on any atom is 0.306 e. The molecule has 1 fully saturated rings. The van der Waals surface area contributed by atoms with Crippen LogP contribution < -0.4 is 19.6 Å². The van der Waals surface area contributed by atoms with Gasteiger partial charge < -0.3 is 28.5 Å². The minimum Gasteiger partial charge on any atom is -0.490 e. The van der Waals surface area contributed by atoms with Crippen LogP contribution in [0.3, 0.4) is 0 Å². The maximum absolute atomic E-state index is 12.6. The summed E-state index contributed by atoms with van der Waals surface area (Å²) in [5, 5.41) is 9.67. The number of aliphatic carboxylic acids is 1. The van der Waals surface area contributed by atoms with Gasteiger partial charge in [-0.3, -0.25) is 9.59 Å². The standard InChI is InChI=1S/C23H19ClO8/c24-16-3-1-2-14-17(25)9-19(32-22(14)16)15-8-20-21(31-11-30-20)10-18(15)29-5-4-28-13-6-12(7-13)23(26)27/h1-3,8-10,12-13H,4-7,11H2,(H,26,27). The molecule has 2 heterocycles. The molecule has 1 aliphatic heterocycles. The zero-order valence-corrected chi connectivity index (χ0v) is 17.6. The Labute approximate surface area is 187 Å². The van der Waals surface area contributed by atoms with E-state index in [1.54, 1.807) is 30.3 Å². The van der Waals surface area contributed by atoms with Gasteiger partial charge in [-0.15, -0.1) is 0 Å². The Balaban J connectivity index is 1.38. The van der Waals surface area contributed by atoms with Crippen LogP contribution in [0.25, 0.3) is 22.3 Å². The van der Waals surface area contributed by atoms with Crippen molar-refractivity contribution < 1.29 is 33.3 Å². The minimum atomic E-state index is -0.789. The van der Waals surface area contributed by atoms with E-state index in [0.717, 1.165) is 0 Å². The van der Waals surface area contributed by atoms with Crippen molar-refractivity contribution >= 4 is 28.5 Å². The number of hydrogen-bond donors (Lipinski definition) is 1. The SMILES string of the molecule is O=C(O)C1CC(OCCOc2cc3c(cc2-c2cc(=O)c4cccc(Cl)c4o2)OCO3)C1. The second-order valence-electron chi connectivity index (χ2n) is 7.64. The van der Waals surface area contributed by atoms with Gasteiger partial charge in [0.2, 0.25) is 6.79 Å². The van der Waals surface area contributed by atoms with Crippen LogP contribution in [-0.4, -0.2) is 37.2 Å². The maximum atomic E-state index is 12.6. The summed E-state index contributed by atoms with van der Waals surface area (Å²) in [5.74, 6) is 0.637. The molecule has 9 heteroatoms. The molecule has 0 atom stereocenters. The van der Waals surface area contributed by atoms with Crippen LogP contribution in [0.15, 0.2) is 45.6 Å². The number of carboxylic acids is 1. The van der Waals surface area contributed by atoms with E-state index in [-0.39, 0.29) is 36.6 Å². The molecule has 3 aromatic rings. The molecule has 0 saturated heterocycles. The fourth-order valence-electron chi connectivity index (χ4n) is 3.78. The average molecular weight is 459 g/mol. The first-order valence-corrected chi connectivity index (χ1v) is 10.5. The van der Waals surface area contributed by atoms with Crippen LogP contribution in [0.4, 0.5) is 0 Å². The highest BCUT2D eigenvalue weighted by atomic mass is 35.5. The van der Waals surface area contributed by atoms with Crippen LogP contribution >= 0.6 is 11.6 Å². The third-order valence-corrected chi connectivity index (χ3v) is 5.88. The van der Waals surface area contributed by atoms with E-state index < -0.39 is 5.97 Å². The van der Waals surface area contributed by atoms with Crippen molar-refractivity contribution in [3.63, 3.8) is 0 Å². The molecular weight excluding hydrogens is 440 g/mol. The zero-order chi connectivity index (χ0) is 22.2. The highest BCUT2D eigenvalue weighted by Crippen LogP contribution is 2.43. The molecule has 32 heavy (non-hydrogen) atoms. The van der Waals surface area contributed by atoms with Gasteiger partial charge in [-0.1, -0.05) is 17.7 Å². The zero-order valence-electron chi connectivity index (χ0n) is 16.8. The highest BCUT2D eigenvalue weighted by Gasteiger charge is 2.35. The minimum absolute atomic E-state index is 0.0726. The van der Waals surface area contributed by atoms with E-state index in [4.69, 9.17) is 40.1 Å². The number of halogens is 1. The van der Waals surface area contributed by atoms with Crippen LogP contribution in [0.2, 0.25) is 5.02 Å². The van der Waals surface area contributed by atoms with Crippen molar-refractivity contribution in [2.24, 2.45) is 5.92 Å². The second kappa shape index (κ2) is 8.37. The summed E-state index contributed by atoms with van der Waals surface area (Å²) in [4.78, 5) is 23.5. The molecule has 5 rings (SSSR count). The quantitative estimate of drug-likeness (QED) is 0.528. The number of carbonyl (C=O) groups is 1. The summed E-state index contributed by atoms with van der Waals surface area (Å²) < 4.78 is 28.5. The number of fused-ring (bicyclic) bond motifs is 2. The Morgan fingerprint density at radius 1 is 1.12 bits per heavy atom. The second-order valence-corrected chi connectivity index (χ2v) is 8.05. The van der Waals surface area contributed by atoms with Crippen molar-refractivity contribution in [2.75, 3.05) is 20.0 Å². The number of para-hydroxylation sites is 1. The molecule has 0 radical (unpaired) electrons. The predicted octanol–water partition coefficient (Wildman–Crippen LogP) is 4.10. The van der Waals surface area contributed by atoms with Crippen molar-refractivity contribution in [3.8, 4) is 28.6 Å². The third kappa shape index (κ3) is 3.87. The Bertz CT molecular complexity index is 1240.